The molecule has 0 unspecified atom stereocenters. The van der Waals surface area contributed by atoms with Crippen LogP contribution in [0.3, 0.4) is 0 Å². The number of benzene rings is 1. The fourth-order valence-electron chi connectivity index (χ4n) is 2.89. The van der Waals surface area contributed by atoms with Gasteiger partial charge in [0.1, 0.15) is 0 Å². The Hall–Kier alpha value is -1.61. The first-order valence-corrected chi connectivity index (χ1v) is 7.64. The number of hydrogen-bond donors (Lipinski definition) is 1. The van der Waals surface area contributed by atoms with Crippen LogP contribution in [0.15, 0.2) is 42.6 Å². The van der Waals surface area contributed by atoms with Gasteiger partial charge in [0.05, 0.1) is 11.4 Å². The minimum absolute atomic E-state index is 0.674. The van der Waals surface area contributed by atoms with Crippen molar-refractivity contribution in [3.63, 3.8) is 0 Å². The molecule has 1 fully saturated rings. The number of rotatable bonds is 4. The van der Waals surface area contributed by atoms with Gasteiger partial charge in [-0.25, -0.2) is 4.68 Å². The summed E-state index contributed by atoms with van der Waals surface area (Å²) in [6.45, 7) is 3.23. The highest BCUT2D eigenvalue weighted by atomic mass is 15.3. The van der Waals surface area contributed by atoms with E-state index in [1.165, 1.54) is 25.7 Å². The molecule has 1 aliphatic carbocycles. The van der Waals surface area contributed by atoms with Gasteiger partial charge in [0.25, 0.3) is 0 Å². The standard InChI is InChI=1S/C17H23N3/c1-14-7-9-15(10-8-14)18-13-16-11-12-20(19-16)17-5-3-2-4-6-17/h2-6,11-12,14-15,18H,7-10,13H2,1H3. The normalized spacial score (nSPS) is 22.9. The van der Waals surface area contributed by atoms with Gasteiger partial charge < -0.3 is 5.32 Å². The summed E-state index contributed by atoms with van der Waals surface area (Å²) in [5.74, 6) is 0.908. The molecule has 1 aromatic carbocycles. The maximum absolute atomic E-state index is 4.63. The lowest BCUT2D eigenvalue weighted by Gasteiger charge is -2.26. The van der Waals surface area contributed by atoms with Crippen molar-refractivity contribution in [1.82, 2.24) is 15.1 Å². The predicted molar refractivity (Wildman–Crippen MR) is 81.8 cm³/mol. The average molecular weight is 269 g/mol. The van der Waals surface area contributed by atoms with Crippen LogP contribution in [0.5, 0.6) is 0 Å². The van der Waals surface area contributed by atoms with Gasteiger partial charge in [0.15, 0.2) is 0 Å². The Balaban J connectivity index is 1.55. The average Bonchev–Trinajstić information content (AvgIpc) is 2.97. The van der Waals surface area contributed by atoms with Crippen molar-refractivity contribution in [2.45, 2.75) is 45.2 Å². The minimum Gasteiger partial charge on any atom is -0.308 e. The van der Waals surface area contributed by atoms with Crippen LogP contribution in [-0.2, 0) is 6.54 Å². The summed E-state index contributed by atoms with van der Waals surface area (Å²) in [5.41, 5.74) is 2.23. The molecule has 0 saturated heterocycles. The largest absolute Gasteiger partial charge is 0.308 e. The molecule has 1 saturated carbocycles. The molecule has 0 bridgehead atoms. The molecule has 2 aromatic rings. The van der Waals surface area contributed by atoms with Crippen molar-refractivity contribution < 1.29 is 0 Å². The molecule has 1 heterocycles. The van der Waals surface area contributed by atoms with Crippen LogP contribution in [0.25, 0.3) is 5.69 Å². The Morgan fingerprint density at radius 1 is 1.10 bits per heavy atom. The first-order chi connectivity index (χ1) is 9.81. The number of nitrogens with one attached hydrogen (secondary N) is 1. The van der Waals surface area contributed by atoms with E-state index in [-0.39, 0.29) is 0 Å². The van der Waals surface area contributed by atoms with Crippen molar-refractivity contribution in [2.75, 3.05) is 0 Å². The molecule has 0 aliphatic heterocycles. The third-order valence-corrected chi connectivity index (χ3v) is 4.25. The van der Waals surface area contributed by atoms with Crippen molar-refractivity contribution in [3.8, 4) is 5.69 Å². The van der Waals surface area contributed by atoms with Gasteiger partial charge >= 0.3 is 0 Å². The van der Waals surface area contributed by atoms with E-state index < -0.39 is 0 Å². The molecular weight excluding hydrogens is 246 g/mol. The van der Waals surface area contributed by atoms with E-state index in [2.05, 4.69) is 35.5 Å². The summed E-state index contributed by atoms with van der Waals surface area (Å²) >= 11 is 0. The zero-order valence-corrected chi connectivity index (χ0v) is 12.1. The Bertz CT molecular complexity index is 524. The van der Waals surface area contributed by atoms with Crippen molar-refractivity contribution in [3.05, 3.63) is 48.3 Å². The van der Waals surface area contributed by atoms with Gasteiger partial charge in [0.2, 0.25) is 0 Å². The lowest BCUT2D eigenvalue weighted by Crippen LogP contribution is -2.32. The summed E-state index contributed by atoms with van der Waals surface area (Å²) < 4.78 is 1.94. The van der Waals surface area contributed by atoms with Crippen molar-refractivity contribution >= 4 is 0 Å². The molecule has 1 aromatic heterocycles. The monoisotopic (exact) mass is 269 g/mol. The fourth-order valence-corrected chi connectivity index (χ4v) is 2.89. The third kappa shape index (κ3) is 3.28. The number of aromatic nitrogens is 2. The molecule has 3 nitrogen and oxygen atoms in total. The van der Waals surface area contributed by atoms with Crippen LogP contribution in [0.4, 0.5) is 0 Å². The molecule has 20 heavy (non-hydrogen) atoms. The van der Waals surface area contributed by atoms with E-state index in [0.717, 1.165) is 23.8 Å². The molecule has 0 radical (unpaired) electrons. The van der Waals surface area contributed by atoms with Crippen molar-refractivity contribution in [1.29, 1.82) is 0 Å². The van der Waals surface area contributed by atoms with Gasteiger partial charge in [-0.15, -0.1) is 0 Å². The zero-order chi connectivity index (χ0) is 13.8. The molecule has 0 spiro atoms. The minimum atomic E-state index is 0.674. The van der Waals surface area contributed by atoms with Gasteiger partial charge in [0, 0.05) is 18.8 Å². The van der Waals surface area contributed by atoms with Gasteiger partial charge in [-0.05, 0) is 49.8 Å². The summed E-state index contributed by atoms with van der Waals surface area (Å²) in [5, 5.41) is 8.28. The van der Waals surface area contributed by atoms with E-state index in [1.807, 2.05) is 29.1 Å². The SMILES string of the molecule is CC1CCC(NCc2ccn(-c3ccccc3)n2)CC1. The van der Waals surface area contributed by atoms with E-state index in [9.17, 15) is 0 Å². The van der Waals surface area contributed by atoms with Gasteiger partial charge in [-0.2, -0.15) is 5.10 Å². The Kier molecular flexibility index (Phi) is 4.16. The van der Waals surface area contributed by atoms with Crippen LogP contribution in [0, 0.1) is 5.92 Å². The Morgan fingerprint density at radius 3 is 2.60 bits per heavy atom. The lowest BCUT2D eigenvalue weighted by molar-refractivity contribution is 0.306. The van der Waals surface area contributed by atoms with E-state index in [1.54, 1.807) is 0 Å². The quantitative estimate of drug-likeness (QED) is 0.920. The first kappa shape index (κ1) is 13.4. The molecule has 3 rings (SSSR count). The number of para-hydroxylation sites is 1. The second-order valence-electron chi connectivity index (χ2n) is 5.92. The Labute approximate surface area is 121 Å². The highest BCUT2D eigenvalue weighted by Gasteiger charge is 2.17. The van der Waals surface area contributed by atoms with E-state index >= 15 is 0 Å². The van der Waals surface area contributed by atoms with E-state index in [0.29, 0.717) is 6.04 Å². The molecular formula is C17H23N3. The second kappa shape index (κ2) is 6.23. The lowest BCUT2D eigenvalue weighted by atomic mass is 9.87. The predicted octanol–water partition coefficient (Wildman–Crippen LogP) is 3.54. The fraction of sp³-hybridized carbons (Fsp3) is 0.471. The van der Waals surface area contributed by atoms with Crippen LogP contribution in [0.2, 0.25) is 0 Å². The maximum atomic E-state index is 4.63. The molecule has 3 heteroatoms. The highest BCUT2D eigenvalue weighted by molar-refractivity contribution is 5.30. The summed E-state index contributed by atoms with van der Waals surface area (Å²) in [7, 11) is 0. The summed E-state index contributed by atoms with van der Waals surface area (Å²) in [4.78, 5) is 0. The second-order valence-corrected chi connectivity index (χ2v) is 5.92. The van der Waals surface area contributed by atoms with Crippen molar-refractivity contribution in [2.24, 2.45) is 5.92 Å². The molecule has 0 amide bonds. The van der Waals surface area contributed by atoms with Gasteiger partial charge in [-0.1, -0.05) is 25.1 Å². The molecule has 1 N–H and O–H groups in total. The summed E-state index contributed by atoms with van der Waals surface area (Å²) in [6, 6.07) is 13.0. The number of nitrogens with zero attached hydrogens (tertiary/aromatic N) is 2. The zero-order valence-electron chi connectivity index (χ0n) is 12.1. The molecule has 1 aliphatic rings. The van der Waals surface area contributed by atoms with Crippen LogP contribution >= 0.6 is 0 Å². The molecule has 106 valence electrons. The number of hydrogen-bond acceptors (Lipinski definition) is 2. The molecule has 0 atom stereocenters. The van der Waals surface area contributed by atoms with Crippen LogP contribution in [-0.4, -0.2) is 15.8 Å². The van der Waals surface area contributed by atoms with E-state index in [4.69, 9.17) is 0 Å². The van der Waals surface area contributed by atoms with Crippen LogP contribution in [0.1, 0.15) is 38.3 Å². The van der Waals surface area contributed by atoms with Crippen LogP contribution < -0.4 is 5.32 Å². The highest BCUT2D eigenvalue weighted by Crippen LogP contribution is 2.23. The first-order valence-electron chi connectivity index (χ1n) is 7.64. The third-order valence-electron chi connectivity index (χ3n) is 4.25. The summed E-state index contributed by atoms with van der Waals surface area (Å²) in [6.07, 6.45) is 7.36. The van der Waals surface area contributed by atoms with Gasteiger partial charge in [-0.3, -0.25) is 0 Å². The maximum Gasteiger partial charge on any atom is 0.0766 e. The smallest absolute Gasteiger partial charge is 0.0766 e. The Morgan fingerprint density at radius 2 is 1.85 bits per heavy atom. The topological polar surface area (TPSA) is 29.9 Å².